The van der Waals surface area contributed by atoms with Crippen LogP contribution in [0.4, 0.5) is 22.7 Å². The predicted octanol–water partition coefficient (Wildman–Crippen LogP) is 1.25. The molecule has 0 radical (unpaired) electrons. The van der Waals surface area contributed by atoms with Crippen LogP contribution in [0.1, 0.15) is 15.9 Å². The molecule has 0 saturated carbocycles. The van der Waals surface area contributed by atoms with Crippen LogP contribution in [0.15, 0.2) is 36.4 Å². The van der Waals surface area contributed by atoms with Gasteiger partial charge in [-0.2, -0.15) is 0 Å². The summed E-state index contributed by atoms with van der Waals surface area (Å²) in [4.78, 5) is 12.3. The average molecular weight is 242 g/mol. The summed E-state index contributed by atoms with van der Waals surface area (Å²) >= 11 is 0. The van der Waals surface area contributed by atoms with Crippen molar-refractivity contribution in [3.05, 3.63) is 47.5 Å². The summed E-state index contributed by atoms with van der Waals surface area (Å²) in [6, 6.07) is 9.64. The van der Waals surface area contributed by atoms with E-state index in [-0.39, 0.29) is 11.3 Å². The van der Waals surface area contributed by atoms with E-state index in [0.717, 1.165) is 0 Å². The third-order valence-electron chi connectivity index (χ3n) is 2.68. The third kappa shape index (κ3) is 1.93. The molecule has 0 spiro atoms. The molecule has 18 heavy (non-hydrogen) atoms. The van der Waals surface area contributed by atoms with Crippen LogP contribution in [0.25, 0.3) is 0 Å². The Bertz CT molecular complexity index is 602. The Balaban J connectivity index is 2.55. The van der Waals surface area contributed by atoms with Crippen LogP contribution in [-0.4, -0.2) is 5.78 Å². The van der Waals surface area contributed by atoms with E-state index in [0.29, 0.717) is 28.3 Å². The van der Waals surface area contributed by atoms with Crippen LogP contribution in [0.3, 0.4) is 0 Å². The van der Waals surface area contributed by atoms with E-state index in [1.54, 1.807) is 30.3 Å². The number of nitrogen functional groups attached to an aromatic ring is 4. The maximum Gasteiger partial charge on any atom is 0.199 e. The molecule has 0 aliphatic carbocycles. The van der Waals surface area contributed by atoms with Gasteiger partial charge >= 0.3 is 0 Å². The molecule has 0 bridgehead atoms. The van der Waals surface area contributed by atoms with E-state index in [1.807, 2.05) is 0 Å². The number of ketones is 1. The molecule has 2 aromatic rings. The third-order valence-corrected chi connectivity index (χ3v) is 2.68. The fourth-order valence-corrected chi connectivity index (χ4v) is 1.77. The quantitative estimate of drug-likeness (QED) is 0.466. The molecule has 2 rings (SSSR count). The number of anilines is 4. The summed E-state index contributed by atoms with van der Waals surface area (Å²) in [5, 5.41) is 0. The topological polar surface area (TPSA) is 121 Å². The normalized spacial score (nSPS) is 10.2. The lowest BCUT2D eigenvalue weighted by Crippen LogP contribution is -2.11. The SMILES string of the molecule is Nc1ccc(C(=O)c2c(N)cccc2N)c(N)c1. The van der Waals surface area contributed by atoms with Gasteiger partial charge in [-0.1, -0.05) is 6.07 Å². The molecule has 0 aliphatic heterocycles. The van der Waals surface area contributed by atoms with E-state index >= 15 is 0 Å². The zero-order valence-electron chi connectivity index (χ0n) is 9.68. The van der Waals surface area contributed by atoms with Gasteiger partial charge in [0.1, 0.15) is 0 Å². The van der Waals surface area contributed by atoms with Crippen molar-refractivity contribution in [1.82, 2.24) is 0 Å². The zero-order chi connectivity index (χ0) is 13.3. The van der Waals surface area contributed by atoms with Crippen LogP contribution in [0.5, 0.6) is 0 Å². The number of carbonyl (C=O) groups excluding carboxylic acids is 1. The van der Waals surface area contributed by atoms with Gasteiger partial charge in [0.15, 0.2) is 5.78 Å². The standard InChI is InChI=1S/C13H14N4O/c14-7-4-5-8(11(17)6-7)13(18)12-9(15)2-1-3-10(12)16/h1-6H,14-17H2. The van der Waals surface area contributed by atoms with Crippen LogP contribution < -0.4 is 22.9 Å². The lowest BCUT2D eigenvalue weighted by atomic mass is 9.98. The lowest BCUT2D eigenvalue weighted by molar-refractivity contribution is 0.104. The Kier molecular flexibility index (Phi) is 2.81. The number of rotatable bonds is 2. The minimum absolute atomic E-state index is 0.272. The molecule has 0 aliphatic rings. The first-order valence-electron chi connectivity index (χ1n) is 5.34. The first-order valence-corrected chi connectivity index (χ1v) is 5.34. The zero-order valence-corrected chi connectivity index (χ0v) is 9.68. The molecular formula is C13H14N4O. The monoisotopic (exact) mass is 242 g/mol. The first kappa shape index (κ1) is 11.8. The maximum atomic E-state index is 12.3. The number of benzene rings is 2. The van der Waals surface area contributed by atoms with Crippen molar-refractivity contribution in [2.24, 2.45) is 0 Å². The molecule has 2 aromatic carbocycles. The summed E-state index contributed by atoms with van der Waals surface area (Å²) < 4.78 is 0. The lowest BCUT2D eigenvalue weighted by Gasteiger charge is -2.10. The van der Waals surface area contributed by atoms with Crippen molar-refractivity contribution in [2.45, 2.75) is 0 Å². The number of nitrogens with two attached hydrogens (primary N) is 4. The number of carbonyl (C=O) groups is 1. The van der Waals surface area contributed by atoms with Gasteiger partial charge in [0.05, 0.1) is 5.56 Å². The molecule has 0 aromatic heterocycles. The first-order chi connectivity index (χ1) is 8.50. The molecule has 5 nitrogen and oxygen atoms in total. The fourth-order valence-electron chi connectivity index (χ4n) is 1.77. The van der Waals surface area contributed by atoms with Gasteiger partial charge in [0.25, 0.3) is 0 Å². The van der Waals surface area contributed by atoms with Crippen molar-refractivity contribution >= 4 is 28.5 Å². The van der Waals surface area contributed by atoms with Gasteiger partial charge in [0.2, 0.25) is 0 Å². The van der Waals surface area contributed by atoms with Crippen molar-refractivity contribution in [2.75, 3.05) is 22.9 Å². The second-order valence-electron chi connectivity index (χ2n) is 3.99. The Hall–Kier alpha value is -2.69. The molecule has 5 heteroatoms. The van der Waals surface area contributed by atoms with Crippen LogP contribution in [0, 0.1) is 0 Å². The van der Waals surface area contributed by atoms with Crippen LogP contribution >= 0.6 is 0 Å². The number of hydrogen-bond donors (Lipinski definition) is 4. The number of hydrogen-bond acceptors (Lipinski definition) is 5. The molecule has 0 heterocycles. The second kappa shape index (κ2) is 4.29. The largest absolute Gasteiger partial charge is 0.399 e. The summed E-state index contributed by atoms with van der Waals surface area (Å²) in [5.41, 5.74) is 25.0. The fraction of sp³-hybridized carbons (Fsp3) is 0. The summed E-state index contributed by atoms with van der Waals surface area (Å²) in [7, 11) is 0. The van der Waals surface area contributed by atoms with Crippen molar-refractivity contribution in [3.8, 4) is 0 Å². The van der Waals surface area contributed by atoms with E-state index < -0.39 is 0 Å². The smallest absolute Gasteiger partial charge is 0.199 e. The van der Waals surface area contributed by atoms with E-state index in [9.17, 15) is 4.79 Å². The minimum atomic E-state index is -0.303. The molecule has 8 N–H and O–H groups in total. The predicted molar refractivity (Wildman–Crippen MR) is 74.0 cm³/mol. The molecule has 92 valence electrons. The Labute approximate surface area is 104 Å². The van der Waals surface area contributed by atoms with Gasteiger partial charge in [-0.15, -0.1) is 0 Å². The van der Waals surface area contributed by atoms with Gasteiger partial charge in [-0.05, 0) is 30.3 Å². The highest BCUT2D eigenvalue weighted by molar-refractivity contribution is 6.17. The van der Waals surface area contributed by atoms with Gasteiger partial charge in [-0.25, -0.2) is 0 Å². The van der Waals surface area contributed by atoms with Crippen molar-refractivity contribution < 1.29 is 4.79 Å². The maximum absolute atomic E-state index is 12.3. The van der Waals surface area contributed by atoms with Crippen LogP contribution in [0.2, 0.25) is 0 Å². The Morgan fingerprint density at radius 2 is 1.44 bits per heavy atom. The Morgan fingerprint density at radius 1 is 0.833 bits per heavy atom. The van der Waals surface area contributed by atoms with E-state index in [4.69, 9.17) is 22.9 Å². The highest BCUT2D eigenvalue weighted by Gasteiger charge is 2.17. The Morgan fingerprint density at radius 3 is 2.00 bits per heavy atom. The van der Waals surface area contributed by atoms with Crippen molar-refractivity contribution in [1.29, 1.82) is 0 Å². The molecular weight excluding hydrogens is 228 g/mol. The summed E-state index contributed by atoms with van der Waals surface area (Å²) in [6.45, 7) is 0. The summed E-state index contributed by atoms with van der Waals surface area (Å²) in [6.07, 6.45) is 0. The molecule has 0 amide bonds. The second-order valence-corrected chi connectivity index (χ2v) is 3.99. The molecule has 0 atom stereocenters. The molecule has 0 fully saturated rings. The minimum Gasteiger partial charge on any atom is -0.399 e. The van der Waals surface area contributed by atoms with E-state index in [1.165, 1.54) is 6.07 Å². The average Bonchev–Trinajstić information content (AvgIpc) is 2.28. The van der Waals surface area contributed by atoms with Gasteiger partial charge in [-0.3, -0.25) is 4.79 Å². The summed E-state index contributed by atoms with van der Waals surface area (Å²) in [5.74, 6) is -0.303. The molecule has 0 saturated heterocycles. The highest BCUT2D eigenvalue weighted by Crippen LogP contribution is 2.26. The van der Waals surface area contributed by atoms with Crippen molar-refractivity contribution in [3.63, 3.8) is 0 Å². The molecule has 0 unspecified atom stereocenters. The van der Waals surface area contributed by atoms with Gasteiger partial charge < -0.3 is 22.9 Å². The van der Waals surface area contributed by atoms with E-state index in [2.05, 4.69) is 0 Å². The van der Waals surface area contributed by atoms with Gasteiger partial charge in [0, 0.05) is 28.3 Å². The highest BCUT2D eigenvalue weighted by atomic mass is 16.1. The van der Waals surface area contributed by atoms with Crippen LogP contribution in [-0.2, 0) is 0 Å².